The molecule has 1 aromatic carbocycles. The van der Waals surface area contributed by atoms with Gasteiger partial charge in [0.15, 0.2) is 0 Å². The van der Waals surface area contributed by atoms with Crippen molar-refractivity contribution < 1.29 is 17.6 Å². The number of amides is 1. The smallest absolute Gasteiger partial charge is 0.246 e. The van der Waals surface area contributed by atoms with Crippen LogP contribution in [0.3, 0.4) is 0 Å². The Hall–Kier alpha value is -2.26. The van der Waals surface area contributed by atoms with Crippen molar-refractivity contribution in [3.8, 4) is 0 Å². The highest BCUT2D eigenvalue weighted by molar-refractivity contribution is 7.89. The number of carbonyl (C=O) groups excluding carboxylic acids is 1. The zero-order chi connectivity index (χ0) is 22.8. The number of piperidine rings is 1. The molecule has 2 aromatic rings. The number of carbonyl (C=O) groups is 1. The van der Waals surface area contributed by atoms with E-state index in [-0.39, 0.29) is 35.1 Å². The van der Waals surface area contributed by atoms with Gasteiger partial charge in [0.2, 0.25) is 15.9 Å². The molecule has 0 aliphatic carbocycles. The van der Waals surface area contributed by atoms with E-state index in [1.54, 1.807) is 26.0 Å². The Bertz CT molecular complexity index is 1030. The van der Waals surface area contributed by atoms with Gasteiger partial charge in [0.25, 0.3) is 0 Å². The van der Waals surface area contributed by atoms with E-state index in [0.29, 0.717) is 24.5 Å². The van der Waals surface area contributed by atoms with E-state index in [9.17, 15) is 17.6 Å². The van der Waals surface area contributed by atoms with Gasteiger partial charge in [0, 0.05) is 13.1 Å². The fourth-order valence-electron chi connectivity index (χ4n) is 4.10. The summed E-state index contributed by atoms with van der Waals surface area (Å²) in [7, 11) is -3.64. The van der Waals surface area contributed by atoms with Crippen LogP contribution in [-0.2, 0) is 21.4 Å². The van der Waals surface area contributed by atoms with E-state index in [0.717, 1.165) is 24.8 Å². The number of nitrogens with one attached hydrogen (secondary N) is 1. The number of sulfonamides is 1. The van der Waals surface area contributed by atoms with Gasteiger partial charge in [-0.2, -0.15) is 9.40 Å². The molecule has 7 nitrogen and oxygen atoms in total. The van der Waals surface area contributed by atoms with Crippen LogP contribution in [0.25, 0.3) is 0 Å². The molecule has 2 heterocycles. The summed E-state index contributed by atoms with van der Waals surface area (Å²) < 4.78 is 42.5. The second-order valence-corrected chi connectivity index (χ2v) is 10.3. The quantitative estimate of drug-likeness (QED) is 0.701. The molecule has 1 atom stereocenters. The first-order valence-corrected chi connectivity index (χ1v) is 12.1. The molecule has 0 spiro atoms. The number of hydrogen-bond donors (Lipinski definition) is 1. The first-order valence-electron chi connectivity index (χ1n) is 10.7. The third kappa shape index (κ3) is 5.15. The molecule has 1 saturated heterocycles. The fraction of sp³-hybridized carbons (Fsp3) is 0.545. The molecule has 0 radical (unpaired) electrons. The molecule has 0 bridgehead atoms. The van der Waals surface area contributed by atoms with Gasteiger partial charge >= 0.3 is 0 Å². The maximum atomic E-state index is 13.3. The maximum Gasteiger partial charge on any atom is 0.246 e. The van der Waals surface area contributed by atoms with Crippen molar-refractivity contribution in [3.63, 3.8) is 0 Å². The third-order valence-corrected chi connectivity index (χ3v) is 7.89. The number of aromatic nitrogens is 2. The molecule has 1 unspecified atom stereocenters. The van der Waals surface area contributed by atoms with Crippen LogP contribution in [0.1, 0.15) is 56.1 Å². The van der Waals surface area contributed by atoms with E-state index in [2.05, 4.69) is 10.4 Å². The van der Waals surface area contributed by atoms with Crippen molar-refractivity contribution in [2.24, 2.45) is 5.92 Å². The summed E-state index contributed by atoms with van der Waals surface area (Å²) in [6, 6.07) is 5.77. The zero-order valence-electron chi connectivity index (χ0n) is 18.6. The highest BCUT2D eigenvalue weighted by atomic mass is 32.2. The van der Waals surface area contributed by atoms with Crippen molar-refractivity contribution in [1.29, 1.82) is 0 Å². The van der Waals surface area contributed by atoms with Crippen LogP contribution in [-0.4, -0.2) is 41.5 Å². The summed E-state index contributed by atoms with van der Waals surface area (Å²) in [6.45, 7) is 8.23. The van der Waals surface area contributed by atoms with Crippen LogP contribution in [0.15, 0.2) is 29.2 Å². The summed E-state index contributed by atoms with van der Waals surface area (Å²) in [5.41, 5.74) is 1.67. The van der Waals surface area contributed by atoms with Crippen molar-refractivity contribution >= 4 is 15.9 Å². The predicted octanol–water partition coefficient (Wildman–Crippen LogP) is 3.33. The highest BCUT2D eigenvalue weighted by Crippen LogP contribution is 2.26. The normalized spacial score (nSPS) is 16.5. The van der Waals surface area contributed by atoms with E-state index >= 15 is 0 Å². The van der Waals surface area contributed by atoms with Gasteiger partial charge in [-0.05, 0) is 50.3 Å². The van der Waals surface area contributed by atoms with E-state index in [4.69, 9.17) is 0 Å². The van der Waals surface area contributed by atoms with Gasteiger partial charge in [-0.1, -0.05) is 32.4 Å². The Balaban J connectivity index is 1.78. The first-order chi connectivity index (χ1) is 14.6. The molecule has 1 fully saturated rings. The van der Waals surface area contributed by atoms with Crippen molar-refractivity contribution in [2.75, 3.05) is 13.1 Å². The predicted molar refractivity (Wildman–Crippen MR) is 116 cm³/mol. The molecule has 0 saturated carbocycles. The van der Waals surface area contributed by atoms with Crippen molar-refractivity contribution in [2.45, 2.75) is 64.4 Å². The molecule has 9 heteroatoms. The summed E-state index contributed by atoms with van der Waals surface area (Å²) in [4.78, 5) is 13.0. The van der Waals surface area contributed by atoms with Gasteiger partial charge in [-0.15, -0.1) is 0 Å². The Kier molecular flexibility index (Phi) is 7.16. The largest absolute Gasteiger partial charge is 0.347 e. The molecule has 1 aliphatic heterocycles. The number of hydrogen-bond acceptors (Lipinski definition) is 4. The highest BCUT2D eigenvalue weighted by Gasteiger charge is 2.32. The van der Waals surface area contributed by atoms with Gasteiger partial charge in [-0.25, -0.2) is 12.8 Å². The van der Waals surface area contributed by atoms with Crippen LogP contribution >= 0.6 is 0 Å². The number of benzene rings is 1. The lowest BCUT2D eigenvalue weighted by Gasteiger charge is -2.26. The van der Waals surface area contributed by atoms with Crippen LogP contribution < -0.4 is 5.32 Å². The number of halogens is 1. The molecular weight excluding hydrogens is 419 g/mol. The number of rotatable bonds is 7. The van der Waals surface area contributed by atoms with Crippen LogP contribution in [0.2, 0.25) is 0 Å². The molecule has 1 amide bonds. The summed E-state index contributed by atoms with van der Waals surface area (Å²) in [5, 5.41) is 7.32. The van der Waals surface area contributed by atoms with Crippen LogP contribution in [0.5, 0.6) is 0 Å². The zero-order valence-corrected chi connectivity index (χ0v) is 19.4. The SMILES string of the molecule is Cc1nn(CC(=O)NC(c2ccc(F)cc2)C(C)C)c(C)c1S(=O)(=O)N1CCCCC1. The molecule has 1 aliphatic rings. The fourth-order valence-corrected chi connectivity index (χ4v) is 5.99. The number of aryl methyl sites for hydroxylation is 1. The lowest BCUT2D eigenvalue weighted by atomic mass is 9.96. The number of nitrogens with zero attached hydrogens (tertiary/aromatic N) is 3. The molecule has 1 aromatic heterocycles. The van der Waals surface area contributed by atoms with Crippen molar-refractivity contribution in [1.82, 2.24) is 19.4 Å². The van der Waals surface area contributed by atoms with E-state index in [1.165, 1.54) is 21.1 Å². The second-order valence-electron chi connectivity index (χ2n) is 8.46. The molecule has 3 rings (SSSR count). The van der Waals surface area contributed by atoms with Crippen molar-refractivity contribution in [3.05, 3.63) is 47.0 Å². The van der Waals surface area contributed by atoms with Crippen LogP contribution in [0, 0.1) is 25.6 Å². The van der Waals surface area contributed by atoms with Gasteiger partial charge < -0.3 is 5.32 Å². The Morgan fingerprint density at radius 1 is 1.13 bits per heavy atom. The van der Waals surface area contributed by atoms with Gasteiger partial charge in [-0.3, -0.25) is 9.48 Å². The summed E-state index contributed by atoms with van der Waals surface area (Å²) in [5.74, 6) is -0.525. The third-order valence-electron chi connectivity index (χ3n) is 5.73. The van der Waals surface area contributed by atoms with E-state index in [1.807, 2.05) is 13.8 Å². The molecule has 170 valence electrons. The average molecular weight is 451 g/mol. The van der Waals surface area contributed by atoms with Gasteiger partial charge in [0.1, 0.15) is 17.3 Å². The topological polar surface area (TPSA) is 84.3 Å². The monoisotopic (exact) mass is 450 g/mol. The molecular formula is C22H31FN4O3S. The lowest BCUT2D eigenvalue weighted by molar-refractivity contribution is -0.123. The summed E-state index contributed by atoms with van der Waals surface area (Å²) >= 11 is 0. The minimum Gasteiger partial charge on any atom is -0.347 e. The first kappa shape index (κ1) is 23.4. The van der Waals surface area contributed by atoms with Gasteiger partial charge in [0.05, 0.1) is 17.4 Å². The average Bonchev–Trinajstić information content (AvgIpc) is 3.01. The molecule has 31 heavy (non-hydrogen) atoms. The molecule has 1 N–H and O–H groups in total. The standard InChI is InChI=1S/C22H31FN4O3S/c1-15(2)21(18-8-10-19(23)11-9-18)24-20(28)14-27-17(4)22(16(3)25-27)31(29,30)26-12-6-5-7-13-26/h8-11,15,21H,5-7,12-14H2,1-4H3,(H,24,28). The Morgan fingerprint density at radius 2 is 1.74 bits per heavy atom. The maximum absolute atomic E-state index is 13.3. The Morgan fingerprint density at radius 3 is 2.32 bits per heavy atom. The lowest BCUT2D eigenvalue weighted by Crippen LogP contribution is -2.36. The minimum atomic E-state index is -3.64. The summed E-state index contributed by atoms with van der Waals surface area (Å²) in [6.07, 6.45) is 2.75. The van der Waals surface area contributed by atoms with Crippen LogP contribution in [0.4, 0.5) is 4.39 Å². The van der Waals surface area contributed by atoms with E-state index < -0.39 is 10.0 Å². The minimum absolute atomic E-state index is 0.0879. The second kappa shape index (κ2) is 9.48. The Labute approximate surface area is 183 Å².